The van der Waals surface area contributed by atoms with Crippen LogP contribution in [0.5, 0.6) is 0 Å². The van der Waals surface area contributed by atoms with E-state index in [-0.39, 0.29) is 27.2 Å². The van der Waals surface area contributed by atoms with Crippen LogP contribution in [0.3, 0.4) is 0 Å². The van der Waals surface area contributed by atoms with E-state index in [0.717, 1.165) is 17.8 Å². The van der Waals surface area contributed by atoms with Gasteiger partial charge in [0.2, 0.25) is 0 Å². The van der Waals surface area contributed by atoms with Crippen molar-refractivity contribution in [3.05, 3.63) is 68.3 Å². The SMILES string of the molecule is N#C/C(=C/c1ccc(Cl)cc1Cl)c1n[nH]c(CSc2ncc(C(F)(F)F)cc2Cl)n1. The molecule has 30 heavy (non-hydrogen) atoms. The maximum atomic E-state index is 12.7. The van der Waals surface area contributed by atoms with Crippen molar-refractivity contribution in [3.8, 4) is 6.07 Å². The Kier molecular flexibility index (Phi) is 6.93. The first kappa shape index (κ1) is 22.4. The number of pyridine rings is 1. The van der Waals surface area contributed by atoms with Gasteiger partial charge in [0.1, 0.15) is 16.9 Å². The van der Waals surface area contributed by atoms with Gasteiger partial charge in [-0.15, -0.1) is 0 Å². The van der Waals surface area contributed by atoms with Crippen molar-refractivity contribution in [1.29, 1.82) is 5.26 Å². The molecule has 0 aliphatic carbocycles. The molecule has 2 heterocycles. The number of nitriles is 1. The number of allylic oxidation sites excluding steroid dienone is 1. The van der Waals surface area contributed by atoms with Gasteiger partial charge in [0, 0.05) is 16.2 Å². The molecule has 0 radical (unpaired) electrons. The Bertz CT molecular complexity index is 1150. The molecular formula is C18H9Cl3F3N5S. The second kappa shape index (κ2) is 9.27. The van der Waals surface area contributed by atoms with Crippen molar-refractivity contribution in [1.82, 2.24) is 20.2 Å². The predicted molar refractivity (Wildman–Crippen MR) is 110 cm³/mol. The number of thioether (sulfide) groups is 1. The number of rotatable bonds is 5. The summed E-state index contributed by atoms with van der Waals surface area (Å²) < 4.78 is 38.1. The summed E-state index contributed by atoms with van der Waals surface area (Å²) >= 11 is 18.9. The summed E-state index contributed by atoms with van der Waals surface area (Å²) in [5, 5.41) is 17.0. The Balaban J connectivity index is 1.75. The number of hydrogen-bond acceptors (Lipinski definition) is 5. The molecule has 154 valence electrons. The molecule has 1 N–H and O–H groups in total. The van der Waals surface area contributed by atoms with Crippen LogP contribution in [0.4, 0.5) is 13.2 Å². The van der Waals surface area contributed by atoms with Gasteiger partial charge in [-0.3, -0.25) is 5.10 Å². The number of aromatic nitrogens is 4. The molecule has 3 rings (SSSR count). The highest BCUT2D eigenvalue weighted by Crippen LogP contribution is 2.34. The van der Waals surface area contributed by atoms with Crippen LogP contribution in [0.15, 0.2) is 35.5 Å². The normalized spacial score (nSPS) is 12.1. The molecule has 3 aromatic rings. The number of benzene rings is 1. The number of halogens is 6. The fourth-order valence-corrected chi connectivity index (χ4v) is 3.74. The number of hydrogen-bond donors (Lipinski definition) is 1. The fraction of sp³-hybridized carbons (Fsp3) is 0.111. The van der Waals surface area contributed by atoms with Crippen molar-refractivity contribution >= 4 is 58.2 Å². The average molecular weight is 491 g/mol. The van der Waals surface area contributed by atoms with Crippen molar-refractivity contribution in [2.45, 2.75) is 17.0 Å². The molecule has 0 spiro atoms. The first-order valence-electron chi connectivity index (χ1n) is 8.01. The number of aromatic amines is 1. The van der Waals surface area contributed by atoms with Gasteiger partial charge >= 0.3 is 6.18 Å². The second-order valence-electron chi connectivity index (χ2n) is 5.74. The van der Waals surface area contributed by atoms with Crippen LogP contribution in [0, 0.1) is 11.3 Å². The minimum atomic E-state index is -4.52. The Labute approximate surface area is 187 Å². The maximum absolute atomic E-state index is 12.7. The molecule has 5 nitrogen and oxygen atoms in total. The first-order valence-corrected chi connectivity index (χ1v) is 10.1. The topological polar surface area (TPSA) is 78.2 Å². The molecule has 12 heteroatoms. The van der Waals surface area contributed by atoms with Crippen LogP contribution in [-0.4, -0.2) is 20.2 Å². The van der Waals surface area contributed by atoms with Crippen LogP contribution in [0.1, 0.15) is 22.8 Å². The Morgan fingerprint density at radius 1 is 1.20 bits per heavy atom. The summed E-state index contributed by atoms with van der Waals surface area (Å²) in [7, 11) is 0. The molecule has 0 bridgehead atoms. The molecule has 0 unspecified atom stereocenters. The number of nitrogens with zero attached hydrogens (tertiary/aromatic N) is 4. The third-order valence-electron chi connectivity index (χ3n) is 3.64. The van der Waals surface area contributed by atoms with Gasteiger partial charge < -0.3 is 0 Å². The number of nitrogens with one attached hydrogen (secondary N) is 1. The van der Waals surface area contributed by atoms with E-state index in [1.54, 1.807) is 18.2 Å². The molecule has 0 saturated carbocycles. The largest absolute Gasteiger partial charge is 0.417 e. The average Bonchev–Trinajstić information content (AvgIpc) is 3.14. The zero-order chi connectivity index (χ0) is 21.9. The summed E-state index contributed by atoms with van der Waals surface area (Å²) in [4.78, 5) is 7.98. The molecule has 2 aromatic heterocycles. The van der Waals surface area contributed by atoms with Crippen molar-refractivity contribution in [3.63, 3.8) is 0 Å². The summed E-state index contributed by atoms with van der Waals surface area (Å²) in [5.41, 5.74) is -0.194. The molecule has 0 aliphatic rings. The van der Waals surface area contributed by atoms with Crippen molar-refractivity contribution in [2.75, 3.05) is 0 Å². The van der Waals surface area contributed by atoms with Crippen LogP contribution >= 0.6 is 46.6 Å². The van der Waals surface area contributed by atoms with Crippen LogP contribution in [0.25, 0.3) is 11.6 Å². The zero-order valence-electron chi connectivity index (χ0n) is 14.6. The van der Waals surface area contributed by atoms with Crippen LogP contribution in [-0.2, 0) is 11.9 Å². The Morgan fingerprint density at radius 3 is 2.60 bits per heavy atom. The predicted octanol–water partition coefficient (Wildman–Crippen LogP) is 6.54. The molecular weight excluding hydrogens is 482 g/mol. The minimum absolute atomic E-state index is 0.121. The highest BCUT2D eigenvalue weighted by molar-refractivity contribution is 7.98. The smallest absolute Gasteiger partial charge is 0.262 e. The van der Waals surface area contributed by atoms with E-state index >= 15 is 0 Å². The van der Waals surface area contributed by atoms with E-state index in [1.165, 1.54) is 6.08 Å². The lowest BCUT2D eigenvalue weighted by Gasteiger charge is -2.08. The first-order chi connectivity index (χ1) is 14.2. The summed E-state index contributed by atoms with van der Waals surface area (Å²) in [6.45, 7) is 0. The lowest BCUT2D eigenvalue weighted by Crippen LogP contribution is -2.05. The van der Waals surface area contributed by atoms with Gasteiger partial charge in [-0.25, -0.2) is 9.97 Å². The fourth-order valence-electron chi connectivity index (χ4n) is 2.22. The summed E-state index contributed by atoms with van der Waals surface area (Å²) in [6, 6.07) is 7.65. The Morgan fingerprint density at radius 2 is 1.97 bits per heavy atom. The van der Waals surface area contributed by atoms with Gasteiger partial charge in [0.25, 0.3) is 0 Å². The Hall–Kier alpha value is -2.25. The molecule has 0 atom stereocenters. The van der Waals surface area contributed by atoms with E-state index in [1.807, 2.05) is 6.07 Å². The van der Waals surface area contributed by atoms with Gasteiger partial charge in [-0.1, -0.05) is 52.6 Å². The number of H-pyrrole nitrogens is 1. The minimum Gasteiger partial charge on any atom is -0.262 e. The zero-order valence-corrected chi connectivity index (χ0v) is 17.7. The van der Waals surface area contributed by atoms with E-state index in [9.17, 15) is 18.4 Å². The van der Waals surface area contributed by atoms with Crippen molar-refractivity contribution in [2.24, 2.45) is 0 Å². The third kappa shape index (κ3) is 5.46. The lowest BCUT2D eigenvalue weighted by molar-refractivity contribution is -0.137. The highest BCUT2D eigenvalue weighted by atomic mass is 35.5. The van der Waals surface area contributed by atoms with Gasteiger partial charge in [0.05, 0.1) is 21.9 Å². The van der Waals surface area contributed by atoms with Crippen LogP contribution < -0.4 is 0 Å². The number of alkyl halides is 3. The van der Waals surface area contributed by atoms with Gasteiger partial charge in [-0.2, -0.15) is 23.5 Å². The lowest BCUT2D eigenvalue weighted by atomic mass is 10.1. The third-order valence-corrected chi connectivity index (χ3v) is 5.61. The quantitative estimate of drug-likeness (QED) is 0.325. The van der Waals surface area contributed by atoms with E-state index in [4.69, 9.17) is 34.8 Å². The summed E-state index contributed by atoms with van der Waals surface area (Å²) in [5.74, 6) is 0.729. The monoisotopic (exact) mass is 489 g/mol. The molecule has 0 fully saturated rings. The molecule has 0 aliphatic heterocycles. The van der Waals surface area contributed by atoms with E-state index < -0.39 is 11.7 Å². The van der Waals surface area contributed by atoms with E-state index in [0.29, 0.717) is 27.6 Å². The highest BCUT2D eigenvalue weighted by Gasteiger charge is 2.31. The standard InChI is InChI=1S/C18H9Cl3F3N5S/c19-12-2-1-9(13(20)5-12)3-10(6-25)16-27-15(28-29-16)8-30-17-14(21)4-11(7-26-17)18(22,23)24/h1-5,7H,8H2,(H,27,28,29)/b10-3-. The van der Waals surface area contributed by atoms with Crippen LogP contribution in [0.2, 0.25) is 15.1 Å². The molecule has 0 amide bonds. The molecule has 0 saturated heterocycles. The second-order valence-corrected chi connectivity index (χ2v) is 7.95. The van der Waals surface area contributed by atoms with Gasteiger partial charge in [-0.05, 0) is 29.8 Å². The van der Waals surface area contributed by atoms with E-state index in [2.05, 4.69) is 20.2 Å². The van der Waals surface area contributed by atoms with Gasteiger partial charge in [0.15, 0.2) is 5.82 Å². The molecule has 1 aromatic carbocycles. The summed E-state index contributed by atoms with van der Waals surface area (Å²) in [6.07, 6.45) is -2.29. The van der Waals surface area contributed by atoms with Crippen molar-refractivity contribution < 1.29 is 13.2 Å². The maximum Gasteiger partial charge on any atom is 0.417 e.